The van der Waals surface area contributed by atoms with Crippen LogP contribution in [0.1, 0.15) is 45.4 Å². The summed E-state index contributed by atoms with van der Waals surface area (Å²) in [5.74, 6) is -0.726. The maximum Gasteiger partial charge on any atom is 0.255 e. The van der Waals surface area contributed by atoms with Crippen molar-refractivity contribution in [2.75, 3.05) is 19.8 Å². The van der Waals surface area contributed by atoms with Crippen LogP contribution >= 0.6 is 0 Å². The number of nitrogens with zero attached hydrogens (tertiary/aromatic N) is 2. The van der Waals surface area contributed by atoms with E-state index >= 15 is 0 Å². The lowest BCUT2D eigenvalue weighted by atomic mass is 10.0. The van der Waals surface area contributed by atoms with Crippen LogP contribution in [0, 0.1) is 0 Å². The summed E-state index contributed by atoms with van der Waals surface area (Å²) >= 11 is 0. The molecule has 5 rings (SSSR count). The number of hydrogen-bond acceptors (Lipinski definition) is 5. The first kappa shape index (κ1) is 17.8. The van der Waals surface area contributed by atoms with Crippen LogP contribution in [0.15, 0.2) is 54.7 Å². The SMILES string of the molecule is [2H]c1cc(C([2H])([2H])Oc2cccc3c2CN(C2CCC(=C)NC2=O)C3=O)c([2H])cc1CN1CCOCC1=O. The third-order valence-electron chi connectivity index (χ3n) is 6.17. The summed E-state index contributed by atoms with van der Waals surface area (Å²) in [6, 6.07) is 6.48. The van der Waals surface area contributed by atoms with Crippen LogP contribution < -0.4 is 10.1 Å². The van der Waals surface area contributed by atoms with Gasteiger partial charge in [-0.1, -0.05) is 36.9 Å². The van der Waals surface area contributed by atoms with Crippen LogP contribution in [-0.2, 0) is 34.0 Å². The number of hydrogen-bond donors (Lipinski definition) is 1. The van der Waals surface area contributed by atoms with Gasteiger partial charge in [0.25, 0.3) is 5.91 Å². The number of amides is 3. The van der Waals surface area contributed by atoms with E-state index in [1.165, 1.54) is 17.0 Å². The number of allylic oxidation sites excluding steroid dienone is 1. The van der Waals surface area contributed by atoms with Gasteiger partial charge in [0.05, 0.1) is 18.6 Å². The molecule has 176 valence electrons. The van der Waals surface area contributed by atoms with E-state index in [9.17, 15) is 14.4 Å². The second-order valence-corrected chi connectivity index (χ2v) is 8.45. The second-order valence-electron chi connectivity index (χ2n) is 8.45. The Labute approximate surface area is 203 Å². The highest BCUT2D eigenvalue weighted by atomic mass is 16.5. The van der Waals surface area contributed by atoms with Gasteiger partial charge in [-0.2, -0.15) is 0 Å². The topological polar surface area (TPSA) is 88.2 Å². The highest BCUT2D eigenvalue weighted by molar-refractivity contribution is 6.02. The number of carbonyl (C=O) groups is 3. The molecular weight excluding hydrogens is 434 g/mol. The number of rotatable bonds is 6. The average molecular weight is 466 g/mol. The lowest BCUT2D eigenvalue weighted by Crippen LogP contribution is -2.49. The molecule has 8 nitrogen and oxygen atoms in total. The van der Waals surface area contributed by atoms with Crippen molar-refractivity contribution in [2.45, 2.75) is 38.5 Å². The Morgan fingerprint density at radius 1 is 1.21 bits per heavy atom. The van der Waals surface area contributed by atoms with Crippen molar-refractivity contribution < 1.29 is 29.3 Å². The normalized spacial score (nSPS) is 22.5. The fourth-order valence-electron chi connectivity index (χ4n) is 4.33. The summed E-state index contributed by atoms with van der Waals surface area (Å²) in [6.07, 6.45) is 0.998. The van der Waals surface area contributed by atoms with Crippen LogP contribution in [0.25, 0.3) is 0 Å². The molecule has 1 atom stereocenters. The molecule has 3 aliphatic heterocycles. The minimum Gasteiger partial charge on any atom is -0.489 e. The summed E-state index contributed by atoms with van der Waals surface area (Å²) in [4.78, 5) is 40.7. The molecule has 8 heteroatoms. The number of morpholine rings is 1. The minimum atomic E-state index is -2.49. The predicted octanol–water partition coefficient (Wildman–Crippen LogP) is 2.37. The van der Waals surface area contributed by atoms with Crippen molar-refractivity contribution in [1.82, 2.24) is 15.1 Å². The largest absolute Gasteiger partial charge is 0.489 e. The van der Waals surface area contributed by atoms with Crippen molar-refractivity contribution in [1.29, 1.82) is 0 Å². The third kappa shape index (κ3) is 4.41. The quantitative estimate of drug-likeness (QED) is 0.708. The van der Waals surface area contributed by atoms with E-state index in [1.807, 2.05) is 0 Å². The van der Waals surface area contributed by atoms with Gasteiger partial charge < -0.3 is 24.6 Å². The Morgan fingerprint density at radius 3 is 2.85 bits per heavy atom. The molecule has 34 heavy (non-hydrogen) atoms. The molecule has 3 amide bonds. The number of ether oxygens (including phenoxy) is 2. The summed E-state index contributed by atoms with van der Waals surface area (Å²) in [7, 11) is 0. The van der Waals surface area contributed by atoms with Gasteiger partial charge in [0, 0.05) is 29.9 Å². The monoisotopic (exact) mass is 465 g/mol. The van der Waals surface area contributed by atoms with Crippen LogP contribution in [0.3, 0.4) is 0 Å². The number of nitrogens with one attached hydrogen (secondary N) is 1. The van der Waals surface area contributed by atoms with E-state index in [0.29, 0.717) is 48.4 Å². The number of carbonyl (C=O) groups excluding carboxylic acids is 3. The smallest absolute Gasteiger partial charge is 0.255 e. The van der Waals surface area contributed by atoms with Gasteiger partial charge in [0.2, 0.25) is 11.8 Å². The Kier molecular flexibility index (Phi) is 4.86. The van der Waals surface area contributed by atoms with Crippen molar-refractivity contribution in [3.8, 4) is 5.75 Å². The van der Waals surface area contributed by atoms with Crippen LogP contribution in [-0.4, -0.2) is 53.3 Å². The van der Waals surface area contributed by atoms with Gasteiger partial charge in [-0.15, -0.1) is 0 Å². The van der Waals surface area contributed by atoms with Crippen molar-refractivity contribution in [3.05, 3.63) is 76.9 Å². The zero-order valence-electron chi connectivity index (χ0n) is 22.6. The first-order valence-electron chi connectivity index (χ1n) is 13.1. The van der Waals surface area contributed by atoms with Gasteiger partial charge in [-0.25, -0.2) is 0 Å². The molecule has 1 N–H and O–H groups in total. The van der Waals surface area contributed by atoms with Gasteiger partial charge in [-0.05, 0) is 36.1 Å². The average Bonchev–Trinajstić information content (AvgIpc) is 3.19. The van der Waals surface area contributed by atoms with Gasteiger partial charge in [0.15, 0.2) is 0 Å². The molecule has 0 aromatic heterocycles. The third-order valence-corrected chi connectivity index (χ3v) is 6.17. The molecule has 2 saturated heterocycles. The standard InChI is InChI=1S/C26H27N3O5/c1-17-5-10-22(25(31)27-17)29-14-21-20(26(29)32)3-2-4-23(21)34-15-19-8-6-18(7-9-19)13-28-11-12-33-16-24(28)30/h2-4,6-9,22H,1,5,10-16H2,(H,27,31)/i6D,9D,15D2. The molecule has 3 heterocycles. The van der Waals surface area contributed by atoms with Crippen molar-refractivity contribution in [2.24, 2.45) is 0 Å². The zero-order valence-corrected chi connectivity index (χ0v) is 18.6. The zero-order chi connectivity index (χ0) is 27.2. The van der Waals surface area contributed by atoms with Gasteiger partial charge in [-0.3, -0.25) is 14.4 Å². The summed E-state index contributed by atoms with van der Waals surface area (Å²) in [5.41, 5.74) is 1.66. The van der Waals surface area contributed by atoms with E-state index in [1.54, 1.807) is 23.1 Å². The molecule has 2 aromatic carbocycles. The Hall–Kier alpha value is -3.65. The van der Waals surface area contributed by atoms with E-state index in [2.05, 4.69) is 11.9 Å². The second kappa shape index (κ2) is 9.30. The summed E-state index contributed by atoms with van der Waals surface area (Å²) < 4.78 is 44.9. The summed E-state index contributed by atoms with van der Waals surface area (Å²) in [5, 5.41) is 2.69. The fourth-order valence-corrected chi connectivity index (χ4v) is 4.33. The molecule has 0 aliphatic carbocycles. The maximum absolute atomic E-state index is 13.1. The van der Waals surface area contributed by atoms with Crippen LogP contribution in [0.5, 0.6) is 5.75 Å². The van der Waals surface area contributed by atoms with E-state index < -0.39 is 12.6 Å². The van der Waals surface area contributed by atoms with Crippen molar-refractivity contribution >= 4 is 17.7 Å². The Bertz CT molecular complexity index is 1350. The minimum absolute atomic E-state index is 0.0210. The number of benzene rings is 2. The molecule has 0 spiro atoms. The number of fused-ring (bicyclic) bond motifs is 1. The Balaban J connectivity index is 1.38. The molecule has 2 fully saturated rings. The Morgan fingerprint density at radius 2 is 2.03 bits per heavy atom. The van der Waals surface area contributed by atoms with E-state index in [-0.39, 0.29) is 60.8 Å². The van der Waals surface area contributed by atoms with Crippen LogP contribution in [0.2, 0.25) is 0 Å². The van der Waals surface area contributed by atoms with Crippen LogP contribution in [0.4, 0.5) is 0 Å². The molecule has 0 bridgehead atoms. The fraction of sp³-hybridized carbons (Fsp3) is 0.346. The molecule has 2 aromatic rings. The van der Waals surface area contributed by atoms with Gasteiger partial charge in [0.1, 0.15) is 25.0 Å². The highest BCUT2D eigenvalue weighted by Crippen LogP contribution is 2.34. The number of piperidine rings is 1. The molecular formula is C26H27N3O5. The molecule has 3 aliphatic rings. The lowest BCUT2D eigenvalue weighted by molar-refractivity contribution is -0.143. The predicted molar refractivity (Wildman–Crippen MR) is 124 cm³/mol. The first-order chi connectivity index (χ1) is 18.0. The van der Waals surface area contributed by atoms with E-state index in [0.717, 1.165) is 0 Å². The van der Waals surface area contributed by atoms with E-state index in [4.69, 9.17) is 15.0 Å². The van der Waals surface area contributed by atoms with Crippen molar-refractivity contribution in [3.63, 3.8) is 0 Å². The highest BCUT2D eigenvalue weighted by Gasteiger charge is 2.39. The molecule has 1 unspecified atom stereocenters. The molecule has 0 saturated carbocycles. The van der Waals surface area contributed by atoms with Gasteiger partial charge >= 0.3 is 0 Å². The summed E-state index contributed by atoms with van der Waals surface area (Å²) in [6.45, 7) is 2.22. The molecule has 0 radical (unpaired) electrons. The first-order valence-corrected chi connectivity index (χ1v) is 11.1. The maximum atomic E-state index is 13.1. The lowest BCUT2D eigenvalue weighted by Gasteiger charge is -2.31.